The van der Waals surface area contributed by atoms with E-state index in [-0.39, 0.29) is 5.56 Å². The third kappa shape index (κ3) is 2.38. The molecule has 4 heteroatoms. The van der Waals surface area contributed by atoms with E-state index in [1.165, 1.54) is 18.2 Å². The lowest BCUT2D eigenvalue weighted by Crippen LogP contribution is -2.04. The molecule has 0 aromatic heterocycles. The average Bonchev–Trinajstić information content (AvgIpc) is 2.35. The molecule has 0 bridgehead atoms. The van der Waals surface area contributed by atoms with Crippen LogP contribution >= 0.6 is 0 Å². The van der Waals surface area contributed by atoms with E-state index >= 15 is 0 Å². The van der Waals surface area contributed by atoms with Crippen LogP contribution in [0.3, 0.4) is 0 Å². The second-order valence-electron chi connectivity index (χ2n) is 3.95. The third-order valence-electron chi connectivity index (χ3n) is 2.73. The van der Waals surface area contributed by atoms with Gasteiger partial charge in [0.25, 0.3) is 0 Å². The Balaban J connectivity index is 2.46. The van der Waals surface area contributed by atoms with Crippen molar-refractivity contribution in [3.63, 3.8) is 0 Å². The van der Waals surface area contributed by atoms with Gasteiger partial charge in [-0.15, -0.1) is 0 Å². The lowest BCUT2D eigenvalue weighted by atomic mass is 10.0. The first-order valence-electron chi connectivity index (χ1n) is 5.56. The maximum atomic E-state index is 13.7. The van der Waals surface area contributed by atoms with Crippen molar-refractivity contribution >= 4 is 0 Å². The van der Waals surface area contributed by atoms with E-state index in [9.17, 15) is 13.2 Å². The molecule has 94 valence electrons. The third-order valence-corrected chi connectivity index (χ3v) is 2.73. The fourth-order valence-electron chi connectivity index (χ4n) is 1.80. The molecule has 2 aromatic carbocycles. The van der Waals surface area contributed by atoms with E-state index in [2.05, 4.69) is 0 Å². The molecule has 0 radical (unpaired) electrons. The van der Waals surface area contributed by atoms with Gasteiger partial charge in [-0.1, -0.05) is 24.3 Å². The molecule has 0 unspecified atom stereocenters. The minimum atomic E-state index is -0.969. The summed E-state index contributed by atoms with van der Waals surface area (Å²) < 4.78 is 40.3. The summed E-state index contributed by atoms with van der Waals surface area (Å²) in [7, 11) is 0. The molecule has 0 aliphatic carbocycles. The van der Waals surface area contributed by atoms with E-state index in [1.807, 2.05) is 0 Å². The molecule has 0 fully saturated rings. The van der Waals surface area contributed by atoms with E-state index in [1.54, 1.807) is 12.1 Å². The van der Waals surface area contributed by atoms with Crippen LogP contribution in [-0.2, 0) is 6.42 Å². The zero-order chi connectivity index (χ0) is 13.1. The summed E-state index contributed by atoms with van der Waals surface area (Å²) >= 11 is 0. The van der Waals surface area contributed by atoms with Crippen molar-refractivity contribution in [2.75, 3.05) is 6.54 Å². The smallest absolute Gasteiger partial charge is 0.166 e. The van der Waals surface area contributed by atoms with Gasteiger partial charge in [0.15, 0.2) is 11.6 Å². The summed E-state index contributed by atoms with van der Waals surface area (Å²) in [6.07, 6.45) is 0.414. The number of benzene rings is 2. The molecule has 0 heterocycles. The van der Waals surface area contributed by atoms with Gasteiger partial charge < -0.3 is 5.73 Å². The van der Waals surface area contributed by atoms with Crippen LogP contribution in [0.25, 0.3) is 11.1 Å². The van der Waals surface area contributed by atoms with Crippen LogP contribution in [0.1, 0.15) is 5.56 Å². The van der Waals surface area contributed by atoms with Gasteiger partial charge in [0.05, 0.1) is 0 Å². The largest absolute Gasteiger partial charge is 0.330 e. The van der Waals surface area contributed by atoms with Crippen LogP contribution in [-0.4, -0.2) is 6.54 Å². The highest BCUT2D eigenvalue weighted by molar-refractivity contribution is 5.64. The Labute approximate surface area is 103 Å². The van der Waals surface area contributed by atoms with E-state index in [0.29, 0.717) is 24.1 Å². The summed E-state index contributed by atoms with van der Waals surface area (Å²) in [4.78, 5) is 0. The molecule has 2 rings (SSSR count). The number of halogens is 3. The fourth-order valence-corrected chi connectivity index (χ4v) is 1.80. The Bertz CT molecular complexity index is 567. The SMILES string of the molecule is NCCc1ccc(-c2cccc(F)c2F)cc1F. The summed E-state index contributed by atoms with van der Waals surface area (Å²) in [6, 6.07) is 8.13. The quantitative estimate of drug-likeness (QED) is 0.890. The van der Waals surface area contributed by atoms with Gasteiger partial charge >= 0.3 is 0 Å². The summed E-state index contributed by atoms with van der Waals surface area (Å²) in [5.74, 6) is -2.37. The molecule has 18 heavy (non-hydrogen) atoms. The molecule has 2 aromatic rings. The Hall–Kier alpha value is -1.81. The Morgan fingerprint density at radius 3 is 2.39 bits per heavy atom. The summed E-state index contributed by atoms with van der Waals surface area (Å²) in [6.45, 7) is 0.338. The molecule has 0 saturated heterocycles. The first-order chi connectivity index (χ1) is 8.63. The highest BCUT2D eigenvalue weighted by Gasteiger charge is 2.11. The second-order valence-corrected chi connectivity index (χ2v) is 3.95. The molecular weight excluding hydrogens is 239 g/mol. The van der Waals surface area contributed by atoms with Crippen LogP contribution < -0.4 is 5.73 Å². The predicted octanol–water partition coefficient (Wildman–Crippen LogP) is 3.27. The van der Waals surface area contributed by atoms with Crippen molar-refractivity contribution < 1.29 is 13.2 Å². The lowest BCUT2D eigenvalue weighted by molar-refractivity contribution is 0.511. The molecular formula is C14H12F3N. The standard InChI is InChI=1S/C14H12F3N/c15-12-3-1-2-11(14(12)17)10-5-4-9(6-7-18)13(16)8-10/h1-5,8H,6-7,18H2. The first-order valence-corrected chi connectivity index (χ1v) is 5.56. The number of hydrogen-bond donors (Lipinski definition) is 1. The second kappa shape index (κ2) is 5.23. The average molecular weight is 251 g/mol. The van der Waals surface area contributed by atoms with Gasteiger partial charge in [-0.3, -0.25) is 0 Å². The van der Waals surface area contributed by atoms with E-state index in [4.69, 9.17) is 5.73 Å². The van der Waals surface area contributed by atoms with Crippen molar-refractivity contribution in [3.05, 3.63) is 59.4 Å². The van der Waals surface area contributed by atoms with E-state index in [0.717, 1.165) is 6.07 Å². The van der Waals surface area contributed by atoms with Crippen molar-refractivity contribution in [2.24, 2.45) is 5.73 Å². The first kappa shape index (κ1) is 12.6. The molecule has 0 aliphatic rings. The highest BCUT2D eigenvalue weighted by Crippen LogP contribution is 2.26. The van der Waals surface area contributed by atoms with Crippen LogP contribution in [0.2, 0.25) is 0 Å². The molecule has 1 nitrogen and oxygen atoms in total. The minimum Gasteiger partial charge on any atom is -0.330 e. The van der Waals surface area contributed by atoms with Crippen molar-refractivity contribution in [1.29, 1.82) is 0 Å². The Morgan fingerprint density at radius 2 is 1.72 bits per heavy atom. The predicted molar refractivity (Wildman–Crippen MR) is 64.5 cm³/mol. The maximum absolute atomic E-state index is 13.7. The van der Waals surface area contributed by atoms with Gasteiger partial charge in [-0.25, -0.2) is 13.2 Å². The number of hydrogen-bond acceptors (Lipinski definition) is 1. The summed E-state index contributed by atoms with van der Waals surface area (Å²) in [5.41, 5.74) is 6.18. The minimum absolute atomic E-state index is 0.0493. The van der Waals surface area contributed by atoms with Crippen LogP contribution in [0.4, 0.5) is 13.2 Å². The van der Waals surface area contributed by atoms with Gasteiger partial charge in [0, 0.05) is 5.56 Å². The Kier molecular flexibility index (Phi) is 3.67. The van der Waals surface area contributed by atoms with Gasteiger partial charge in [-0.2, -0.15) is 0 Å². The van der Waals surface area contributed by atoms with Crippen LogP contribution in [0.5, 0.6) is 0 Å². The fraction of sp³-hybridized carbons (Fsp3) is 0.143. The van der Waals surface area contributed by atoms with Gasteiger partial charge in [0.2, 0.25) is 0 Å². The molecule has 0 atom stereocenters. The molecule has 0 saturated carbocycles. The monoisotopic (exact) mass is 251 g/mol. The van der Waals surface area contributed by atoms with Crippen molar-refractivity contribution in [1.82, 2.24) is 0 Å². The molecule has 0 amide bonds. The van der Waals surface area contributed by atoms with Crippen LogP contribution in [0.15, 0.2) is 36.4 Å². The number of rotatable bonds is 3. The normalized spacial score (nSPS) is 10.7. The van der Waals surface area contributed by atoms with Crippen molar-refractivity contribution in [2.45, 2.75) is 6.42 Å². The highest BCUT2D eigenvalue weighted by atomic mass is 19.2. The molecule has 0 spiro atoms. The topological polar surface area (TPSA) is 26.0 Å². The van der Waals surface area contributed by atoms with Gasteiger partial charge in [0.1, 0.15) is 5.82 Å². The zero-order valence-electron chi connectivity index (χ0n) is 9.59. The van der Waals surface area contributed by atoms with E-state index < -0.39 is 17.5 Å². The zero-order valence-corrected chi connectivity index (χ0v) is 9.59. The Morgan fingerprint density at radius 1 is 0.944 bits per heavy atom. The van der Waals surface area contributed by atoms with Gasteiger partial charge in [-0.05, 0) is 36.2 Å². The molecule has 2 N–H and O–H groups in total. The number of nitrogens with two attached hydrogens (primary N) is 1. The summed E-state index contributed by atoms with van der Waals surface area (Å²) in [5, 5.41) is 0. The van der Waals surface area contributed by atoms with Crippen LogP contribution in [0, 0.1) is 17.5 Å². The van der Waals surface area contributed by atoms with Crippen molar-refractivity contribution in [3.8, 4) is 11.1 Å². The molecule has 0 aliphatic heterocycles. The maximum Gasteiger partial charge on any atom is 0.166 e. The lowest BCUT2D eigenvalue weighted by Gasteiger charge is -2.07.